The van der Waals surface area contributed by atoms with Gasteiger partial charge in [0.15, 0.2) is 0 Å². The predicted octanol–water partition coefficient (Wildman–Crippen LogP) is 2.36. The van der Waals surface area contributed by atoms with E-state index >= 15 is 0 Å². The first-order valence-electron chi connectivity index (χ1n) is 6.40. The fourth-order valence-corrected chi connectivity index (χ4v) is 2.02. The molecule has 0 fully saturated rings. The highest BCUT2D eigenvalue weighted by Crippen LogP contribution is 2.15. The number of benzene rings is 2. The van der Waals surface area contributed by atoms with Crippen molar-refractivity contribution in [3.8, 4) is 0 Å². The first kappa shape index (κ1) is 14.2. The standard InChI is InChI=1S/C16H17FN2O/c1-19(14-9-5-8-13(17)11-14)16(20)15(18)10-12-6-3-2-4-7-12/h2-9,11,15H,10,18H2,1H3/t15-/m0/s1. The summed E-state index contributed by atoms with van der Waals surface area (Å²) in [5.74, 6) is -0.613. The molecule has 0 heterocycles. The Hall–Kier alpha value is -2.20. The molecule has 1 atom stereocenters. The van der Waals surface area contributed by atoms with Gasteiger partial charge < -0.3 is 10.6 Å². The van der Waals surface area contributed by atoms with Gasteiger partial charge in [0.2, 0.25) is 5.91 Å². The van der Waals surface area contributed by atoms with Gasteiger partial charge in [-0.15, -0.1) is 0 Å². The smallest absolute Gasteiger partial charge is 0.243 e. The van der Waals surface area contributed by atoms with Crippen LogP contribution >= 0.6 is 0 Å². The van der Waals surface area contributed by atoms with Crippen LogP contribution in [0, 0.1) is 5.82 Å². The third-order valence-corrected chi connectivity index (χ3v) is 3.14. The third kappa shape index (κ3) is 3.42. The summed E-state index contributed by atoms with van der Waals surface area (Å²) < 4.78 is 13.2. The molecule has 2 rings (SSSR count). The van der Waals surface area contributed by atoms with E-state index in [0.717, 1.165) is 5.56 Å². The molecule has 0 aromatic heterocycles. The summed E-state index contributed by atoms with van der Waals surface area (Å²) in [7, 11) is 1.60. The number of nitrogens with zero attached hydrogens (tertiary/aromatic N) is 1. The zero-order valence-corrected chi connectivity index (χ0v) is 11.3. The maximum atomic E-state index is 13.2. The molecule has 4 heteroatoms. The summed E-state index contributed by atoms with van der Waals surface area (Å²) >= 11 is 0. The van der Waals surface area contributed by atoms with E-state index in [0.29, 0.717) is 12.1 Å². The number of rotatable bonds is 4. The molecule has 3 nitrogen and oxygen atoms in total. The molecule has 0 aliphatic rings. The van der Waals surface area contributed by atoms with Crippen LogP contribution in [0.2, 0.25) is 0 Å². The Balaban J connectivity index is 2.06. The molecular weight excluding hydrogens is 255 g/mol. The fraction of sp³-hybridized carbons (Fsp3) is 0.188. The maximum Gasteiger partial charge on any atom is 0.243 e. The fourth-order valence-electron chi connectivity index (χ4n) is 2.02. The van der Waals surface area contributed by atoms with Gasteiger partial charge in [0, 0.05) is 12.7 Å². The van der Waals surface area contributed by atoms with Gasteiger partial charge in [-0.2, -0.15) is 0 Å². The van der Waals surface area contributed by atoms with Crippen LogP contribution in [0.3, 0.4) is 0 Å². The number of halogens is 1. The molecule has 0 aliphatic carbocycles. The van der Waals surface area contributed by atoms with E-state index < -0.39 is 6.04 Å². The first-order valence-corrected chi connectivity index (χ1v) is 6.40. The minimum atomic E-state index is -0.648. The van der Waals surface area contributed by atoms with Gasteiger partial charge in [0.25, 0.3) is 0 Å². The van der Waals surface area contributed by atoms with E-state index in [4.69, 9.17) is 5.73 Å². The number of hydrogen-bond acceptors (Lipinski definition) is 2. The van der Waals surface area contributed by atoms with Gasteiger partial charge in [-0.25, -0.2) is 4.39 Å². The maximum absolute atomic E-state index is 13.2. The van der Waals surface area contributed by atoms with Gasteiger partial charge in [0.05, 0.1) is 6.04 Å². The molecule has 1 amide bonds. The monoisotopic (exact) mass is 272 g/mol. The average Bonchev–Trinajstić information content (AvgIpc) is 2.46. The second kappa shape index (κ2) is 6.30. The van der Waals surface area contributed by atoms with Crippen LogP contribution in [-0.4, -0.2) is 19.0 Å². The van der Waals surface area contributed by atoms with Crippen LogP contribution in [-0.2, 0) is 11.2 Å². The number of anilines is 1. The Bertz CT molecular complexity index is 586. The lowest BCUT2D eigenvalue weighted by Crippen LogP contribution is -2.43. The lowest BCUT2D eigenvalue weighted by atomic mass is 10.1. The molecule has 0 unspecified atom stereocenters. The normalized spacial score (nSPS) is 11.9. The Labute approximate surface area is 117 Å². The van der Waals surface area contributed by atoms with Crippen molar-refractivity contribution in [2.75, 3.05) is 11.9 Å². The minimum Gasteiger partial charge on any atom is -0.320 e. The van der Waals surface area contributed by atoms with Gasteiger partial charge in [-0.05, 0) is 30.2 Å². The lowest BCUT2D eigenvalue weighted by molar-refractivity contribution is -0.119. The first-order chi connectivity index (χ1) is 9.58. The molecule has 2 N–H and O–H groups in total. The van der Waals surface area contributed by atoms with Crippen LogP contribution in [0.25, 0.3) is 0 Å². The van der Waals surface area contributed by atoms with Crippen molar-refractivity contribution in [3.63, 3.8) is 0 Å². The summed E-state index contributed by atoms with van der Waals surface area (Å²) in [6.45, 7) is 0. The molecule has 0 spiro atoms. The summed E-state index contributed by atoms with van der Waals surface area (Å²) in [5, 5.41) is 0. The van der Waals surface area contributed by atoms with Crippen molar-refractivity contribution in [1.82, 2.24) is 0 Å². The average molecular weight is 272 g/mol. The van der Waals surface area contributed by atoms with Crippen LogP contribution in [0.5, 0.6) is 0 Å². The van der Waals surface area contributed by atoms with Crippen molar-refractivity contribution in [3.05, 3.63) is 66.0 Å². The van der Waals surface area contributed by atoms with Crippen molar-refractivity contribution in [2.24, 2.45) is 5.73 Å². The second-order valence-corrected chi connectivity index (χ2v) is 4.67. The molecule has 20 heavy (non-hydrogen) atoms. The molecule has 0 saturated heterocycles. The van der Waals surface area contributed by atoms with E-state index in [9.17, 15) is 9.18 Å². The number of carbonyl (C=O) groups excluding carboxylic acids is 1. The highest BCUT2D eigenvalue weighted by molar-refractivity contribution is 5.96. The predicted molar refractivity (Wildman–Crippen MR) is 77.9 cm³/mol. The Kier molecular flexibility index (Phi) is 4.48. The van der Waals surface area contributed by atoms with Gasteiger partial charge in [-0.1, -0.05) is 36.4 Å². The molecule has 2 aromatic rings. The van der Waals surface area contributed by atoms with E-state index in [1.165, 1.54) is 17.0 Å². The highest BCUT2D eigenvalue weighted by atomic mass is 19.1. The summed E-state index contributed by atoms with van der Waals surface area (Å²) in [4.78, 5) is 13.6. The Morgan fingerprint density at radius 3 is 2.55 bits per heavy atom. The summed E-state index contributed by atoms with van der Waals surface area (Å²) in [5.41, 5.74) is 7.44. The third-order valence-electron chi connectivity index (χ3n) is 3.14. The lowest BCUT2D eigenvalue weighted by Gasteiger charge is -2.21. The number of likely N-dealkylation sites (N-methyl/N-ethyl adjacent to an activating group) is 1. The van der Waals surface area contributed by atoms with E-state index in [1.54, 1.807) is 19.2 Å². The van der Waals surface area contributed by atoms with Crippen molar-refractivity contribution in [2.45, 2.75) is 12.5 Å². The topological polar surface area (TPSA) is 46.3 Å². The summed E-state index contributed by atoms with van der Waals surface area (Å²) in [6, 6.07) is 14.8. The molecule has 0 saturated carbocycles. The highest BCUT2D eigenvalue weighted by Gasteiger charge is 2.19. The van der Waals surface area contributed by atoms with Crippen LogP contribution in [0.1, 0.15) is 5.56 Å². The van der Waals surface area contributed by atoms with E-state index in [-0.39, 0.29) is 11.7 Å². The quantitative estimate of drug-likeness (QED) is 0.928. The molecule has 0 radical (unpaired) electrons. The van der Waals surface area contributed by atoms with E-state index in [2.05, 4.69) is 0 Å². The Morgan fingerprint density at radius 1 is 1.20 bits per heavy atom. The molecule has 0 aliphatic heterocycles. The minimum absolute atomic E-state index is 0.237. The number of carbonyl (C=O) groups is 1. The van der Waals surface area contributed by atoms with E-state index in [1.807, 2.05) is 30.3 Å². The van der Waals surface area contributed by atoms with Gasteiger partial charge in [-0.3, -0.25) is 4.79 Å². The largest absolute Gasteiger partial charge is 0.320 e. The molecule has 0 bridgehead atoms. The van der Waals surface area contributed by atoms with Gasteiger partial charge in [0.1, 0.15) is 5.82 Å². The Morgan fingerprint density at radius 2 is 1.90 bits per heavy atom. The number of hydrogen-bond donors (Lipinski definition) is 1. The number of amides is 1. The molecule has 2 aromatic carbocycles. The van der Waals surface area contributed by atoms with Gasteiger partial charge >= 0.3 is 0 Å². The van der Waals surface area contributed by atoms with Crippen molar-refractivity contribution in [1.29, 1.82) is 0 Å². The SMILES string of the molecule is CN(C(=O)[C@@H](N)Cc1ccccc1)c1cccc(F)c1. The van der Waals surface area contributed by atoms with Crippen molar-refractivity contribution < 1.29 is 9.18 Å². The van der Waals surface area contributed by atoms with Crippen molar-refractivity contribution >= 4 is 11.6 Å². The van der Waals surface area contributed by atoms with Crippen LogP contribution in [0.4, 0.5) is 10.1 Å². The number of nitrogens with two attached hydrogens (primary N) is 1. The molecular formula is C16H17FN2O. The zero-order valence-electron chi connectivity index (χ0n) is 11.3. The van der Waals surface area contributed by atoms with Crippen LogP contribution < -0.4 is 10.6 Å². The second-order valence-electron chi connectivity index (χ2n) is 4.67. The molecule has 104 valence electrons. The zero-order chi connectivity index (χ0) is 14.5. The van der Waals surface area contributed by atoms with Crippen LogP contribution in [0.15, 0.2) is 54.6 Å². The summed E-state index contributed by atoms with van der Waals surface area (Å²) in [6.07, 6.45) is 0.458.